The number of anilines is 1. The van der Waals surface area contributed by atoms with Gasteiger partial charge in [-0.25, -0.2) is 0 Å². The van der Waals surface area contributed by atoms with Crippen LogP contribution in [0.2, 0.25) is 0 Å². The van der Waals surface area contributed by atoms with Crippen molar-refractivity contribution in [1.82, 2.24) is 9.78 Å². The first kappa shape index (κ1) is 12.2. The van der Waals surface area contributed by atoms with Gasteiger partial charge in [-0.3, -0.25) is 4.68 Å². The molecule has 0 fully saturated rings. The minimum atomic E-state index is 0.677. The molecule has 92 valence electrons. The summed E-state index contributed by atoms with van der Waals surface area (Å²) in [6.07, 6.45) is 1.85. The van der Waals surface area contributed by atoms with Gasteiger partial charge >= 0.3 is 0 Å². The molecule has 0 aliphatic carbocycles. The van der Waals surface area contributed by atoms with Crippen molar-refractivity contribution in [2.75, 3.05) is 5.32 Å². The zero-order valence-electron chi connectivity index (χ0n) is 10.9. The molecule has 1 aromatic carbocycles. The Bertz CT molecular complexity index is 605. The summed E-state index contributed by atoms with van der Waals surface area (Å²) in [7, 11) is 1.92. The summed E-state index contributed by atoms with van der Waals surface area (Å²) in [5, 5.41) is 16.6. The maximum Gasteiger partial charge on any atom is 0.101 e. The molecule has 0 aliphatic heterocycles. The molecule has 18 heavy (non-hydrogen) atoms. The fourth-order valence-corrected chi connectivity index (χ4v) is 1.90. The first-order valence-corrected chi connectivity index (χ1v) is 5.84. The first-order valence-electron chi connectivity index (χ1n) is 5.84. The van der Waals surface area contributed by atoms with E-state index in [1.807, 2.05) is 50.0 Å². The topological polar surface area (TPSA) is 53.6 Å². The quantitative estimate of drug-likeness (QED) is 0.896. The second-order valence-corrected chi connectivity index (χ2v) is 4.34. The normalized spacial score (nSPS) is 10.1. The Kier molecular flexibility index (Phi) is 3.33. The lowest BCUT2D eigenvalue weighted by Crippen LogP contribution is -2.04. The van der Waals surface area contributed by atoms with Crippen molar-refractivity contribution >= 4 is 5.69 Å². The van der Waals surface area contributed by atoms with Gasteiger partial charge in [-0.1, -0.05) is 12.1 Å². The van der Waals surface area contributed by atoms with Crippen LogP contribution < -0.4 is 5.32 Å². The van der Waals surface area contributed by atoms with E-state index < -0.39 is 0 Å². The summed E-state index contributed by atoms with van der Waals surface area (Å²) < 4.78 is 1.85. The van der Waals surface area contributed by atoms with Crippen molar-refractivity contribution in [3.05, 3.63) is 46.8 Å². The van der Waals surface area contributed by atoms with Crippen LogP contribution in [0.5, 0.6) is 0 Å². The Morgan fingerprint density at radius 3 is 2.78 bits per heavy atom. The van der Waals surface area contributed by atoms with Crippen LogP contribution in [0, 0.1) is 25.2 Å². The van der Waals surface area contributed by atoms with Gasteiger partial charge in [0.1, 0.15) is 6.07 Å². The molecule has 1 heterocycles. The Labute approximate surface area is 107 Å². The monoisotopic (exact) mass is 240 g/mol. The molecular weight excluding hydrogens is 224 g/mol. The molecule has 1 N–H and O–H groups in total. The van der Waals surface area contributed by atoms with Gasteiger partial charge in [-0.2, -0.15) is 10.4 Å². The van der Waals surface area contributed by atoms with E-state index in [0.29, 0.717) is 12.1 Å². The van der Waals surface area contributed by atoms with Crippen LogP contribution in [0.25, 0.3) is 0 Å². The van der Waals surface area contributed by atoms with Gasteiger partial charge in [0.15, 0.2) is 0 Å². The number of aryl methyl sites for hydroxylation is 2. The lowest BCUT2D eigenvalue weighted by molar-refractivity contribution is 0.738. The molecule has 2 aromatic rings. The number of para-hydroxylation sites is 1. The largest absolute Gasteiger partial charge is 0.380 e. The van der Waals surface area contributed by atoms with Gasteiger partial charge in [-0.15, -0.1) is 0 Å². The molecule has 0 spiro atoms. The number of rotatable bonds is 3. The van der Waals surface area contributed by atoms with Crippen molar-refractivity contribution in [2.24, 2.45) is 7.05 Å². The van der Waals surface area contributed by atoms with Gasteiger partial charge in [-0.05, 0) is 25.5 Å². The number of benzene rings is 1. The van der Waals surface area contributed by atoms with Crippen LogP contribution in [0.1, 0.15) is 22.4 Å². The molecular formula is C14H16N4. The Morgan fingerprint density at radius 2 is 2.17 bits per heavy atom. The highest BCUT2D eigenvalue weighted by molar-refractivity contribution is 5.62. The standard InChI is InChI=1S/C14H16N4/c1-10-5-4-6-12(7-15)14(10)16-8-13-9-17-18(3)11(13)2/h4-6,9,16H,8H2,1-3H3. The molecule has 0 saturated heterocycles. The molecule has 2 rings (SSSR count). The Morgan fingerprint density at radius 1 is 1.39 bits per heavy atom. The lowest BCUT2D eigenvalue weighted by atomic mass is 10.1. The second-order valence-electron chi connectivity index (χ2n) is 4.34. The summed E-state index contributed by atoms with van der Waals surface area (Å²) in [5.41, 5.74) is 4.94. The molecule has 0 unspecified atom stereocenters. The summed E-state index contributed by atoms with van der Waals surface area (Å²) in [6.45, 7) is 4.71. The minimum absolute atomic E-state index is 0.677. The molecule has 0 atom stereocenters. The number of hydrogen-bond acceptors (Lipinski definition) is 3. The van der Waals surface area contributed by atoms with Crippen molar-refractivity contribution in [3.63, 3.8) is 0 Å². The maximum absolute atomic E-state index is 9.09. The molecule has 0 aliphatic rings. The van der Waals surface area contributed by atoms with Gasteiger partial charge < -0.3 is 5.32 Å². The molecule has 0 saturated carbocycles. The number of nitrogens with one attached hydrogen (secondary N) is 1. The fourth-order valence-electron chi connectivity index (χ4n) is 1.90. The Hall–Kier alpha value is -2.28. The van der Waals surface area contributed by atoms with Crippen molar-refractivity contribution < 1.29 is 0 Å². The maximum atomic E-state index is 9.09. The predicted octanol–water partition coefficient (Wildman–Crippen LogP) is 2.52. The molecule has 4 nitrogen and oxygen atoms in total. The zero-order valence-corrected chi connectivity index (χ0v) is 10.9. The average Bonchev–Trinajstić information content (AvgIpc) is 2.68. The van der Waals surface area contributed by atoms with Crippen LogP contribution in [0.4, 0.5) is 5.69 Å². The van der Waals surface area contributed by atoms with Crippen LogP contribution in [-0.2, 0) is 13.6 Å². The van der Waals surface area contributed by atoms with Gasteiger partial charge in [0.2, 0.25) is 0 Å². The number of hydrogen-bond donors (Lipinski definition) is 1. The average molecular weight is 240 g/mol. The number of nitrogens with zero attached hydrogens (tertiary/aromatic N) is 3. The second kappa shape index (κ2) is 4.92. The van der Waals surface area contributed by atoms with E-state index in [9.17, 15) is 0 Å². The molecule has 1 aromatic heterocycles. The smallest absolute Gasteiger partial charge is 0.101 e. The van der Waals surface area contributed by atoms with Crippen molar-refractivity contribution in [1.29, 1.82) is 5.26 Å². The van der Waals surface area contributed by atoms with Gasteiger partial charge in [0.25, 0.3) is 0 Å². The minimum Gasteiger partial charge on any atom is -0.380 e. The summed E-state index contributed by atoms with van der Waals surface area (Å²) in [5.74, 6) is 0. The SMILES string of the molecule is Cc1cccc(C#N)c1NCc1cnn(C)c1C. The van der Waals surface area contributed by atoms with E-state index >= 15 is 0 Å². The van der Waals surface area contributed by atoms with Crippen LogP contribution in [-0.4, -0.2) is 9.78 Å². The predicted molar refractivity (Wildman–Crippen MR) is 71.2 cm³/mol. The lowest BCUT2D eigenvalue weighted by Gasteiger charge is -2.10. The molecule has 0 amide bonds. The third kappa shape index (κ3) is 2.21. The van der Waals surface area contributed by atoms with Gasteiger partial charge in [0.05, 0.1) is 17.4 Å². The highest BCUT2D eigenvalue weighted by Crippen LogP contribution is 2.20. The summed E-state index contributed by atoms with van der Waals surface area (Å²) >= 11 is 0. The van der Waals surface area contributed by atoms with E-state index in [0.717, 1.165) is 22.5 Å². The Balaban J connectivity index is 2.21. The van der Waals surface area contributed by atoms with E-state index in [1.54, 1.807) is 0 Å². The molecule has 0 radical (unpaired) electrons. The van der Waals surface area contributed by atoms with Crippen LogP contribution in [0.3, 0.4) is 0 Å². The van der Waals surface area contributed by atoms with Crippen molar-refractivity contribution in [2.45, 2.75) is 20.4 Å². The number of nitriles is 1. The van der Waals surface area contributed by atoms with E-state index in [1.165, 1.54) is 0 Å². The third-order valence-corrected chi connectivity index (χ3v) is 3.19. The zero-order chi connectivity index (χ0) is 13.1. The highest BCUT2D eigenvalue weighted by Gasteiger charge is 2.07. The van der Waals surface area contributed by atoms with Gasteiger partial charge in [0, 0.05) is 24.8 Å². The van der Waals surface area contributed by atoms with Crippen LogP contribution in [0.15, 0.2) is 24.4 Å². The molecule has 0 bridgehead atoms. The van der Waals surface area contributed by atoms with E-state index in [-0.39, 0.29) is 0 Å². The fraction of sp³-hybridized carbons (Fsp3) is 0.286. The summed E-state index contributed by atoms with van der Waals surface area (Å²) in [4.78, 5) is 0. The summed E-state index contributed by atoms with van der Waals surface area (Å²) in [6, 6.07) is 7.93. The third-order valence-electron chi connectivity index (χ3n) is 3.19. The van der Waals surface area contributed by atoms with Crippen LogP contribution >= 0.6 is 0 Å². The number of aromatic nitrogens is 2. The molecule has 4 heteroatoms. The van der Waals surface area contributed by atoms with E-state index in [4.69, 9.17) is 5.26 Å². The van der Waals surface area contributed by atoms with E-state index in [2.05, 4.69) is 16.5 Å². The van der Waals surface area contributed by atoms with Crippen molar-refractivity contribution in [3.8, 4) is 6.07 Å². The highest BCUT2D eigenvalue weighted by atomic mass is 15.3. The first-order chi connectivity index (χ1) is 8.63.